The van der Waals surface area contributed by atoms with Crippen LogP contribution in [0.3, 0.4) is 0 Å². The van der Waals surface area contributed by atoms with Crippen molar-refractivity contribution in [3.8, 4) is 0 Å². The van der Waals surface area contributed by atoms with E-state index in [0.29, 0.717) is 37.8 Å². The third-order valence-corrected chi connectivity index (χ3v) is 4.45. The first-order valence-corrected chi connectivity index (χ1v) is 9.18. The molecule has 3 rings (SSSR count). The zero-order chi connectivity index (χ0) is 18.2. The van der Waals surface area contributed by atoms with Gasteiger partial charge in [0, 0.05) is 33.0 Å². The largest absolute Gasteiger partial charge is 0.376 e. The summed E-state index contributed by atoms with van der Waals surface area (Å²) < 4.78 is 10.9. The Morgan fingerprint density at radius 3 is 2.96 bits per heavy atom. The zero-order valence-corrected chi connectivity index (χ0v) is 15.2. The fraction of sp³-hybridized carbons (Fsp3) is 0.526. The van der Waals surface area contributed by atoms with Gasteiger partial charge in [-0.05, 0) is 24.8 Å². The van der Waals surface area contributed by atoms with Gasteiger partial charge in [0.15, 0.2) is 5.82 Å². The molecule has 1 aliphatic heterocycles. The second kappa shape index (κ2) is 9.33. The maximum absolute atomic E-state index is 12.4. The molecule has 0 spiro atoms. The smallest absolute Gasteiger partial charge is 0.317 e. The molecule has 0 saturated carbocycles. The molecule has 1 aromatic carbocycles. The number of hydrogen-bond acceptors (Lipinski definition) is 5. The lowest BCUT2D eigenvalue weighted by molar-refractivity contribution is 0.0106. The van der Waals surface area contributed by atoms with Crippen LogP contribution >= 0.6 is 0 Å². The van der Waals surface area contributed by atoms with Crippen molar-refractivity contribution < 1.29 is 14.1 Å². The van der Waals surface area contributed by atoms with E-state index in [4.69, 9.17) is 9.26 Å². The van der Waals surface area contributed by atoms with E-state index in [1.165, 1.54) is 5.56 Å². The summed E-state index contributed by atoms with van der Waals surface area (Å²) in [6.07, 6.45) is 3.45. The molecule has 1 fully saturated rings. The van der Waals surface area contributed by atoms with Gasteiger partial charge >= 0.3 is 6.03 Å². The SMILES string of the molecule is Cc1nc(CCOC2CCCN(C(=O)NCCc3ccccc3)C2)no1. The third-order valence-electron chi connectivity index (χ3n) is 4.45. The molecule has 1 unspecified atom stereocenters. The number of amides is 2. The monoisotopic (exact) mass is 358 g/mol. The number of likely N-dealkylation sites (tertiary alicyclic amines) is 1. The number of carbonyl (C=O) groups is 1. The van der Waals surface area contributed by atoms with Crippen LogP contribution in [0.2, 0.25) is 0 Å². The molecule has 0 bridgehead atoms. The van der Waals surface area contributed by atoms with Crippen molar-refractivity contribution in [2.75, 3.05) is 26.2 Å². The highest BCUT2D eigenvalue weighted by molar-refractivity contribution is 5.74. The molecule has 7 nitrogen and oxygen atoms in total. The molecule has 0 radical (unpaired) electrons. The molecule has 26 heavy (non-hydrogen) atoms. The van der Waals surface area contributed by atoms with Crippen LogP contribution in [-0.2, 0) is 17.6 Å². The van der Waals surface area contributed by atoms with Crippen LogP contribution in [0, 0.1) is 6.92 Å². The Kier molecular flexibility index (Phi) is 6.60. The Morgan fingerprint density at radius 1 is 1.35 bits per heavy atom. The topological polar surface area (TPSA) is 80.5 Å². The van der Waals surface area contributed by atoms with Gasteiger partial charge in [0.2, 0.25) is 5.89 Å². The number of aromatic nitrogens is 2. The van der Waals surface area contributed by atoms with Gasteiger partial charge in [-0.2, -0.15) is 4.98 Å². The summed E-state index contributed by atoms with van der Waals surface area (Å²) in [7, 11) is 0. The number of aryl methyl sites for hydroxylation is 1. The highest BCUT2D eigenvalue weighted by Crippen LogP contribution is 2.14. The van der Waals surface area contributed by atoms with Crippen molar-refractivity contribution in [2.24, 2.45) is 0 Å². The number of benzene rings is 1. The van der Waals surface area contributed by atoms with Crippen LogP contribution in [0.15, 0.2) is 34.9 Å². The summed E-state index contributed by atoms with van der Waals surface area (Å²) in [6, 6.07) is 10.2. The molecule has 140 valence electrons. The molecular weight excluding hydrogens is 332 g/mol. The van der Waals surface area contributed by atoms with E-state index in [0.717, 1.165) is 25.8 Å². The summed E-state index contributed by atoms with van der Waals surface area (Å²) in [6.45, 7) is 4.35. The summed E-state index contributed by atoms with van der Waals surface area (Å²) in [5, 5.41) is 6.86. The Labute approximate surface area is 153 Å². The molecule has 7 heteroatoms. The number of nitrogens with zero attached hydrogens (tertiary/aromatic N) is 3. The van der Waals surface area contributed by atoms with Crippen LogP contribution in [0.5, 0.6) is 0 Å². The van der Waals surface area contributed by atoms with E-state index in [1.807, 2.05) is 23.1 Å². The average Bonchev–Trinajstić information content (AvgIpc) is 3.08. The Balaban J connectivity index is 1.36. The lowest BCUT2D eigenvalue weighted by atomic mass is 10.1. The molecular formula is C19H26N4O3. The van der Waals surface area contributed by atoms with Gasteiger partial charge in [0.25, 0.3) is 0 Å². The number of carbonyl (C=O) groups excluding carboxylic acids is 1. The maximum atomic E-state index is 12.4. The van der Waals surface area contributed by atoms with Crippen LogP contribution in [-0.4, -0.2) is 53.4 Å². The van der Waals surface area contributed by atoms with E-state index >= 15 is 0 Å². The lowest BCUT2D eigenvalue weighted by Gasteiger charge is -2.32. The molecule has 1 atom stereocenters. The van der Waals surface area contributed by atoms with E-state index in [-0.39, 0.29) is 12.1 Å². The van der Waals surface area contributed by atoms with E-state index in [2.05, 4.69) is 27.6 Å². The predicted octanol–water partition coefficient (Wildman–Crippen LogP) is 2.35. The van der Waals surface area contributed by atoms with Crippen LogP contribution in [0.4, 0.5) is 4.79 Å². The van der Waals surface area contributed by atoms with Crippen molar-refractivity contribution in [2.45, 2.75) is 38.7 Å². The number of nitrogens with one attached hydrogen (secondary N) is 1. The number of ether oxygens (including phenoxy) is 1. The summed E-state index contributed by atoms with van der Waals surface area (Å²) in [5.74, 6) is 1.23. The number of rotatable bonds is 7. The van der Waals surface area contributed by atoms with Gasteiger partial charge in [-0.25, -0.2) is 4.79 Å². The van der Waals surface area contributed by atoms with Crippen molar-refractivity contribution in [1.29, 1.82) is 0 Å². The Hall–Kier alpha value is -2.41. The maximum Gasteiger partial charge on any atom is 0.317 e. The average molecular weight is 358 g/mol. The number of urea groups is 1. The summed E-state index contributed by atoms with van der Waals surface area (Å²) >= 11 is 0. The molecule has 2 heterocycles. The molecule has 1 N–H and O–H groups in total. The van der Waals surface area contributed by atoms with Crippen molar-refractivity contribution in [3.63, 3.8) is 0 Å². The first-order valence-electron chi connectivity index (χ1n) is 9.18. The second-order valence-electron chi connectivity index (χ2n) is 6.53. The first kappa shape index (κ1) is 18.4. The fourth-order valence-corrected chi connectivity index (χ4v) is 3.09. The minimum Gasteiger partial charge on any atom is -0.376 e. The van der Waals surface area contributed by atoms with Gasteiger partial charge in [0.05, 0.1) is 12.7 Å². The van der Waals surface area contributed by atoms with Crippen LogP contribution in [0.25, 0.3) is 0 Å². The van der Waals surface area contributed by atoms with Crippen LogP contribution < -0.4 is 5.32 Å². The quantitative estimate of drug-likeness (QED) is 0.822. The Morgan fingerprint density at radius 2 is 2.19 bits per heavy atom. The highest BCUT2D eigenvalue weighted by Gasteiger charge is 2.24. The first-order chi connectivity index (χ1) is 12.7. The minimum absolute atomic E-state index is 0.0111. The van der Waals surface area contributed by atoms with E-state index < -0.39 is 0 Å². The van der Waals surface area contributed by atoms with Crippen molar-refractivity contribution in [1.82, 2.24) is 20.4 Å². The highest BCUT2D eigenvalue weighted by atomic mass is 16.5. The molecule has 2 aromatic rings. The minimum atomic E-state index is -0.0111. The molecule has 1 saturated heterocycles. The van der Waals surface area contributed by atoms with E-state index in [9.17, 15) is 4.79 Å². The molecule has 1 aromatic heterocycles. The van der Waals surface area contributed by atoms with Gasteiger partial charge in [-0.1, -0.05) is 35.5 Å². The number of hydrogen-bond donors (Lipinski definition) is 1. The third kappa shape index (κ3) is 5.56. The Bertz CT molecular complexity index is 689. The van der Waals surface area contributed by atoms with Crippen LogP contribution in [0.1, 0.15) is 30.1 Å². The van der Waals surface area contributed by atoms with Gasteiger partial charge in [-0.3, -0.25) is 0 Å². The summed E-state index contributed by atoms with van der Waals surface area (Å²) in [5.41, 5.74) is 1.23. The summed E-state index contributed by atoms with van der Waals surface area (Å²) in [4.78, 5) is 18.4. The molecule has 2 amide bonds. The van der Waals surface area contributed by atoms with Gasteiger partial charge < -0.3 is 19.5 Å². The van der Waals surface area contributed by atoms with E-state index in [1.54, 1.807) is 6.92 Å². The lowest BCUT2D eigenvalue weighted by Crippen LogP contribution is -2.48. The normalized spacial score (nSPS) is 17.3. The molecule has 1 aliphatic rings. The fourth-order valence-electron chi connectivity index (χ4n) is 3.09. The van der Waals surface area contributed by atoms with Gasteiger partial charge in [0.1, 0.15) is 0 Å². The second-order valence-corrected chi connectivity index (χ2v) is 6.53. The zero-order valence-electron chi connectivity index (χ0n) is 15.2. The van der Waals surface area contributed by atoms with Crippen molar-refractivity contribution >= 4 is 6.03 Å². The number of piperidine rings is 1. The predicted molar refractivity (Wildman–Crippen MR) is 96.8 cm³/mol. The van der Waals surface area contributed by atoms with Crippen molar-refractivity contribution in [3.05, 3.63) is 47.6 Å². The standard InChI is InChI=1S/C19H26N4O3/c1-15-21-18(22-26-15)10-13-25-17-8-5-12-23(14-17)19(24)20-11-9-16-6-3-2-4-7-16/h2-4,6-7,17H,5,8-14H2,1H3,(H,20,24). The van der Waals surface area contributed by atoms with Gasteiger partial charge in [-0.15, -0.1) is 0 Å². The molecule has 0 aliphatic carbocycles.